The zero-order valence-electron chi connectivity index (χ0n) is 18.1. The molecule has 0 saturated carbocycles. The number of benzene rings is 1. The quantitative estimate of drug-likeness (QED) is 0.670. The number of nitrogens with zero attached hydrogens (tertiary/aromatic N) is 5. The number of aromatic nitrogens is 3. The van der Waals surface area contributed by atoms with Gasteiger partial charge in [0.2, 0.25) is 0 Å². The Hall–Kier alpha value is -2.73. The van der Waals surface area contributed by atoms with Gasteiger partial charge in [0, 0.05) is 37.8 Å². The first kappa shape index (κ1) is 19.2. The summed E-state index contributed by atoms with van der Waals surface area (Å²) in [4.78, 5) is 23.2. The van der Waals surface area contributed by atoms with Crippen molar-refractivity contribution >= 4 is 16.9 Å². The first-order valence-electron chi connectivity index (χ1n) is 11.0. The van der Waals surface area contributed by atoms with Crippen LogP contribution >= 0.6 is 0 Å². The minimum atomic E-state index is 0.112. The van der Waals surface area contributed by atoms with Crippen LogP contribution in [0.5, 0.6) is 0 Å². The van der Waals surface area contributed by atoms with Crippen molar-refractivity contribution in [2.45, 2.75) is 46.2 Å². The van der Waals surface area contributed by atoms with E-state index in [9.17, 15) is 4.79 Å². The number of pyridine rings is 1. The number of piperazine rings is 1. The van der Waals surface area contributed by atoms with E-state index in [1.165, 1.54) is 24.9 Å². The molecule has 156 valence electrons. The van der Waals surface area contributed by atoms with Crippen molar-refractivity contribution in [3.63, 3.8) is 0 Å². The Kier molecular flexibility index (Phi) is 4.82. The normalized spacial score (nSPS) is 19.4. The summed E-state index contributed by atoms with van der Waals surface area (Å²) < 4.78 is 1.91. The van der Waals surface area contributed by atoms with Crippen LogP contribution in [0, 0.1) is 13.8 Å². The molecule has 0 radical (unpaired) electrons. The molecule has 4 heterocycles. The third-order valence-corrected chi connectivity index (χ3v) is 6.63. The Bertz CT molecular complexity index is 1100. The second kappa shape index (κ2) is 7.51. The smallest absolute Gasteiger partial charge is 0.254 e. The Morgan fingerprint density at radius 2 is 1.93 bits per heavy atom. The molecular weight excluding hydrogens is 374 g/mol. The number of hydrogen-bond donors (Lipinski definition) is 0. The fraction of sp³-hybridized carbons (Fsp3) is 0.458. The van der Waals surface area contributed by atoms with Crippen molar-refractivity contribution < 1.29 is 4.79 Å². The summed E-state index contributed by atoms with van der Waals surface area (Å²) in [5.74, 6) is 0.112. The molecule has 1 atom stereocenters. The van der Waals surface area contributed by atoms with Crippen molar-refractivity contribution in [3.8, 4) is 11.3 Å². The van der Waals surface area contributed by atoms with Crippen LogP contribution in [0.15, 0.2) is 30.3 Å². The Morgan fingerprint density at radius 3 is 2.70 bits per heavy atom. The zero-order chi connectivity index (χ0) is 20.8. The minimum absolute atomic E-state index is 0.112. The lowest BCUT2D eigenvalue weighted by Gasteiger charge is -2.37. The number of amides is 1. The van der Waals surface area contributed by atoms with Gasteiger partial charge in [0.05, 0.1) is 22.3 Å². The summed E-state index contributed by atoms with van der Waals surface area (Å²) in [6, 6.07) is 10.8. The van der Waals surface area contributed by atoms with E-state index in [-0.39, 0.29) is 5.91 Å². The second-order valence-corrected chi connectivity index (χ2v) is 8.60. The largest absolute Gasteiger partial charge is 0.336 e. The molecule has 1 aromatic carbocycles. The summed E-state index contributed by atoms with van der Waals surface area (Å²) in [5, 5.41) is 5.57. The SMILES string of the molecule is CCn1nc(C)c2c(C(=O)N3CCN4CCC[C@@H]4C3)cc(-c3ccc(C)cc3)nc21. The van der Waals surface area contributed by atoms with Gasteiger partial charge in [0.25, 0.3) is 5.91 Å². The highest BCUT2D eigenvalue weighted by molar-refractivity contribution is 6.07. The van der Waals surface area contributed by atoms with E-state index in [2.05, 4.69) is 48.1 Å². The van der Waals surface area contributed by atoms with Gasteiger partial charge in [0.1, 0.15) is 0 Å². The Morgan fingerprint density at radius 1 is 1.13 bits per heavy atom. The third kappa shape index (κ3) is 3.19. The van der Waals surface area contributed by atoms with Crippen molar-refractivity contribution in [1.29, 1.82) is 0 Å². The average molecular weight is 404 g/mol. The van der Waals surface area contributed by atoms with Crippen LogP contribution in [0.4, 0.5) is 0 Å². The molecule has 0 N–H and O–H groups in total. The number of carbonyl (C=O) groups excluding carboxylic acids is 1. The van der Waals surface area contributed by atoms with Crippen molar-refractivity contribution in [3.05, 3.63) is 47.2 Å². The molecule has 2 saturated heterocycles. The van der Waals surface area contributed by atoms with Gasteiger partial charge in [-0.2, -0.15) is 5.10 Å². The predicted molar refractivity (Wildman–Crippen MR) is 119 cm³/mol. The molecule has 0 spiro atoms. The predicted octanol–water partition coefficient (Wildman–Crippen LogP) is 3.66. The summed E-state index contributed by atoms with van der Waals surface area (Å²) in [6.07, 6.45) is 2.43. The lowest BCUT2D eigenvalue weighted by atomic mass is 10.0. The van der Waals surface area contributed by atoms with E-state index >= 15 is 0 Å². The highest BCUT2D eigenvalue weighted by Gasteiger charge is 2.34. The lowest BCUT2D eigenvalue weighted by molar-refractivity contribution is 0.0573. The van der Waals surface area contributed by atoms with Gasteiger partial charge in [-0.3, -0.25) is 9.69 Å². The lowest BCUT2D eigenvalue weighted by Crippen LogP contribution is -2.52. The first-order chi connectivity index (χ1) is 14.5. The monoisotopic (exact) mass is 403 g/mol. The van der Waals surface area contributed by atoms with Crippen LogP contribution in [-0.2, 0) is 6.54 Å². The maximum atomic E-state index is 13.7. The van der Waals surface area contributed by atoms with Crippen LogP contribution in [0.2, 0.25) is 0 Å². The number of carbonyl (C=O) groups is 1. The van der Waals surface area contributed by atoms with Crippen molar-refractivity contribution in [2.24, 2.45) is 0 Å². The first-order valence-corrected chi connectivity index (χ1v) is 11.0. The molecular formula is C24H29N5O. The van der Waals surface area contributed by atoms with E-state index < -0.39 is 0 Å². The maximum Gasteiger partial charge on any atom is 0.254 e. The number of aryl methyl sites for hydroxylation is 3. The molecule has 6 nitrogen and oxygen atoms in total. The standard InChI is InChI=1S/C24H29N5O/c1-4-29-23-22(17(3)26-29)20(14-21(25-23)18-9-7-16(2)8-10-18)24(30)28-13-12-27-11-5-6-19(27)15-28/h7-10,14,19H,4-6,11-13,15H2,1-3H3/t19-/m1/s1. The summed E-state index contributed by atoms with van der Waals surface area (Å²) >= 11 is 0. The zero-order valence-corrected chi connectivity index (χ0v) is 18.1. The van der Waals surface area contributed by atoms with Crippen LogP contribution in [0.25, 0.3) is 22.3 Å². The van der Waals surface area contributed by atoms with Gasteiger partial charge in [-0.25, -0.2) is 9.67 Å². The topological polar surface area (TPSA) is 54.3 Å². The fourth-order valence-corrected chi connectivity index (χ4v) is 4.96. The van der Waals surface area contributed by atoms with Gasteiger partial charge < -0.3 is 4.90 Å². The Balaban J connectivity index is 1.61. The third-order valence-electron chi connectivity index (χ3n) is 6.63. The van der Waals surface area contributed by atoms with Crippen molar-refractivity contribution in [2.75, 3.05) is 26.2 Å². The maximum absolute atomic E-state index is 13.7. The fourth-order valence-electron chi connectivity index (χ4n) is 4.96. The van der Waals surface area contributed by atoms with Gasteiger partial charge in [0.15, 0.2) is 5.65 Å². The molecule has 1 amide bonds. The molecule has 2 aliphatic heterocycles. The minimum Gasteiger partial charge on any atom is -0.336 e. The van der Waals surface area contributed by atoms with E-state index in [1.807, 2.05) is 22.6 Å². The molecule has 2 aromatic heterocycles. The second-order valence-electron chi connectivity index (χ2n) is 8.60. The van der Waals surface area contributed by atoms with Crippen molar-refractivity contribution in [1.82, 2.24) is 24.6 Å². The summed E-state index contributed by atoms with van der Waals surface area (Å²) in [7, 11) is 0. The van der Waals surface area contributed by atoms with E-state index in [1.54, 1.807) is 0 Å². The molecule has 0 bridgehead atoms. The highest BCUT2D eigenvalue weighted by Crippen LogP contribution is 2.30. The van der Waals surface area contributed by atoms with Gasteiger partial charge in [-0.05, 0) is 46.2 Å². The number of fused-ring (bicyclic) bond motifs is 2. The van der Waals surface area contributed by atoms with Crippen LogP contribution in [0.3, 0.4) is 0 Å². The molecule has 2 fully saturated rings. The molecule has 2 aliphatic rings. The van der Waals surface area contributed by atoms with E-state index in [0.717, 1.165) is 59.7 Å². The molecule has 0 aliphatic carbocycles. The molecule has 30 heavy (non-hydrogen) atoms. The van der Waals surface area contributed by atoms with Crippen LogP contribution < -0.4 is 0 Å². The van der Waals surface area contributed by atoms with E-state index in [4.69, 9.17) is 4.98 Å². The highest BCUT2D eigenvalue weighted by atomic mass is 16.2. The van der Waals surface area contributed by atoms with E-state index in [0.29, 0.717) is 6.04 Å². The Labute approximate surface area is 177 Å². The molecule has 0 unspecified atom stereocenters. The van der Waals surface area contributed by atoms with Crippen LogP contribution in [0.1, 0.15) is 41.4 Å². The molecule has 5 rings (SSSR count). The number of rotatable bonds is 3. The molecule has 6 heteroatoms. The van der Waals surface area contributed by atoms with Gasteiger partial charge in [-0.15, -0.1) is 0 Å². The summed E-state index contributed by atoms with van der Waals surface area (Å²) in [6.45, 7) is 10.6. The molecule has 3 aromatic rings. The van der Waals surface area contributed by atoms with Gasteiger partial charge >= 0.3 is 0 Å². The van der Waals surface area contributed by atoms with Gasteiger partial charge in [-0.1, -0.05) is 29.8 Å². The average Bonchev–Trinajstić information content (AvgIpc) is 3.36. The number of hydrogen-bond acceptors (Lipinski definition) is 4. The summed E-state index contributed by atoms with van der Waals surface area (Å²) in [5.41, 5.74) is 5.48. The van der Waals surface area contributed by atoms with Crippen LogP contribution in [-0.4, -0.2) is 62.7 Å².